The number of carbonyl (C=O) groups excluding carboxylic acids is 2. The molecule has 1 aromatic carbocycles. The van der Waals surface area contributed by atoms with Crippen LogP contribution < -0.4 is 15.5 Å². The molecule has 5 nitrogen and oxygen atoms in total. The summed E-state index contributed by atoms with van der Waals surface area (Å²) in [5.41, 5.74) is 4.32. The van der Waals surface area contributed by atoms with Crippen LogP contribution in [0.3, 0.4) is 0 Å². The largest absolute Gasteiger partial charge is 0.354 e. The molecule has 0 saturated carbocycles. The minimum absolute atomic E-state index is 0. The molecule has 2 amide bonds. The third-order valence-corrected chi connectivity index (χ3v) is 4.54. The number of anilines is 1. The number of benzene rings is 1. The molecule has 0 radical (unpaired) electrons. The van der Waals surface area contributed by atoms with Gasteiger partial charge in [-0.1, -0.05) is 24.6 Å². The van der Waals surface area contributed by atoms with Gasteiger partial charge in [0.05, 0.1) is 5.92 Å². The molecule has 2 N–H and O–H groups in total. The topological polar surface area (TPSA) is 61.4 Å². The smallest absolute Gasteiger partial charge is 0.227 e. The second kappa shape index (κ2) is 9.20. The highest BCUT2D eigenvalue weighted by molar-refractivity contribution is 6.01. The Bertz CT molecular complexity index is 610. The first-order valence-electron chi connectivity index (χ1n) is 8.72. The summed E-state index contributed by atoms with van der Waals surface area (Å²) in [5.74, 6) is -0.269. The average Bonchev–Trinajstić information content (AvgIpc) is 2.86. The Morgan fingerprint density at radius 2 is 1.88 bits per heavy atom. The second-order valence-electron chi connectivity index (χ2n) is 6.86. The normalized spacial score (nSPS) is 18.0. The molecule has 1 unspecified atom stereocenters. The van der Waals surface area contributed by atoms with Gasteiger partial charge in [0.25, 0.3) is 0 Å². The summed E-state index contributed by atoms with van der Waals surface area (Å²) < 4.78 is 0. The zero-order valence-corrected chi connectivity index (χ0v) is 16.6. The lowest BCUT2D eigenvalue weighted by Crippen LogP contribution is -2.41. The van der Waals surface area contributed by atoms with Gasteiger partial charge in [-0.05, 0) is 45.4 Å². The van der Waals surface area contributed by atoms with Crippen LogP contribution in [0.15, 0.2) is 12.1 Å². The fourth-order valence-corrected chi connectivity index (χ4v) is 3.52. The van der Waals surface area contributed by atoms with E-state index in [-0.39, 0.29) is 42.6 Å². The van der Waals surface area contributed by atoms with Gasteiger partial charge in [-0.3, -0.25) is 9.59 Å². The van der Waals surface area contributed by atoms with E-state index in [1.54, 1.807) is 4.90 Å². The molecule has 6 heteroatoms. The molecule has 1 aliphatic heterocycles. The van der Waals surface area contributed by atoms with Gasteiger partial charge in [0.1, 0.15) is 0 Å². The van der Waals surface area contributed by atoms with Crippen molar-refractivity contribution in [3.05, 3.63) is 28.8 Å². The first kappa shape index (κ1) is 21.5. The average molecular weight is 368 g/mol. The van der Waals surface area contributed by atoms with Crippen LogP contribution >= 0.6 is 12.4 Å². The van der Waals surface area contributed by atoms with Gasteiger partial charge in [0, 0.05) is 31.2 Å². The highest BCUT2D eigenvalue weighted by atomic mass is 35.5. The molecule has 1 aromatic rings. The van der Waals surface area contributed by atoms with E-state index >= 15 is 0 Å². The fraction of sp³-hybridized carbons (Fsp3) is 0.579. The van der Waals surface area contributed by atoms with Crippen LogP contribution in [0.4, 0.5) is 5.69 Å². The Labute approximate surface area is 157 Å². The van der Waals surface area contributed by atoms with Crippen molar-refractivity contribution in [2.75, 3.05) is 24.5 Å². The van der Waals surface area contributed by atoms with Crippen LogP contribution in [0.5, 0.6) is 0 Å². The Morgan fingerprint density at radius 1 is 1.28 bits per heavy atom. The molecule has 140 valence electrons. The molecule has 1 aliphatic rings. The molecule has 1 saturated heterocycles. The quantitative estimate of drug-likeness (QED) is 0.812. The number of halogens is 1. The van der Waals surface area contributed by atoms with E-state index in [1.807, 2.05) is 27.7 Å². The minimum Gasteiger partial charge on any atom is -0.354 e. The zero-order valence-electron chi connectivity index (χ0n) is 15.8. The van der Waals surface area contributed by atoms with Crippen molar-refractivity contribution in [3.63, 3.8) is 0 Å². The Morgan fingerprint density at radius 3 is 2.44 bits per heavy atom. The lowest BCUT2D eigenvalue weighted by Gasteiger charge is -2.22. The van der Waals surface area contributed by atoms with Crippen molar-refractivity contribution in [1.29, 1.82) is 0 Å². The molecule has 25 heavy (non-hydrogen) atoms. The summed E-state index contributed by atoms with van der Waals surface area (Å²) in [6.45, 7) is 12.1. The van der Waals surface area contributed by atoms with E-state index in [4.69, 9.17) is 0 Å². The number of aryl methyl sites for hydroxylation is 3. The van der Waals surface area contributed by atoms with Crippen molar-refractivity contribution in [2.45, 2.75) is 47.1 Å². The van der Waals surface area contributed by atoms with Crippen LogP contribution in [0, 0.1) is 26.7 Å². The summed E-state index contributed by atoms with van der Waals surface area (Å²) in [6.07, 6.45) is 0.286. The van der Waals surface area contributed by atoms with E-state index in [1.165, 1.54) is 5.56 Å². The molecule has 2 atom stereocenters. The maximum absolute atomic E-state index is 12.5. The molecular weight excluding hydrogens is 338 g/mol. The maximum Gasteiger partial charge on any atom is 0.227 e. The van der Waals surface area contributed by atoms with Crippen LogP contribution in [-0.2, 0) is 9.59 Å². The number of carbonyl (C=O) groups is 2. The van der Waals surface area contributed by atoms with Gasteiger partial charge < -0.3 is 15.5 Å². The molecule has 1 heterocycles. The first-order valence-corrected chi connectivity index (χ1v) is 8.72. The van der Waals surface area contributed by atoms with Crippen LogP contribution in [-0.4, -0.2) is 37.5 Å². The maximum atomic E-state index is 12.5. The number of amides is 2. The van der Waals surface area contributed by atoms with Crippen molar-refractivity contribution in [2.24, 2.45) is 5.92 Å². The number of likely N-dealkylation sites (N-methyl/N-ethyl adjacent to an activating group) is 1. The number of hydrogen-bond donors (Lipinski definition) is 2. The fourth-order valence-electron chi connectivity index (χ4n) is 3.52. The van der Waals surface area contributed by atoms with Gasteiger partial charge in [0.2, 0.25) is 11.8 Å². The van der Waals surface area contributed by atoms with E-state index in [0.717, 1.165) is 23.4 Å². The molecule has 0 aliphatic carbocycles. The predicted octanol–water partition coefficient (Wildman–Crippen LogP) is 2.50. The minimum atomic E-state index is -0.272. The highest BCUT2D eigenvalue weighted by Gasteiger charge is 2.36. The van der Waals surface area contributed by atoms with Crippen molar-refractivity contribution < 1.29 is 9.59 Å². The van der Waals surface area contributed by atoms with E-state index in [0.29, 0.717) is 13.1 Å². The SMILES string of the molecule is CCN[C@H](C)CNC(=O)C1CC(=O)N(c2c(C)cc(C)cc2C)C1.Cl. The van der Waals surface area contributed by atoms with E-state index in [2.05, 4.69) is 29.7 Å². The molecule has 0 spiro atoms. The van der Waals surface area contributed by atoms with Crippen LogP contribution in [0.25, 0.3) is 0 Å². The van der Waals surface area contributed by atoms with E-state index in [9.17, 15) is 9.59 Å². The van der Waals surface area contributed by atoms with Gasteiger partial charge >= 0.3 is 0 Å². The third-order valence-electron chi connectivity index (χ3n) is 4.54. The van der Waals surface area contributed by atoms with E-state index < -0.39 is 0 Å². The summed E-state index contributed by atoms with van der Waals surface area (Å²) in [7, 11) is 0. The molecule has 0 bridgehead atoms. The van der Waals surface area contributed by atoms with Gasteiger partial charge in [-0.25, -0.2) is 0 Å². The Kier molecular flexibility index (Phi) is 7.90. The summed E-state index contributed by atoms with van der Waals surface area (Å²) in [5, 5.41) is 6.22. The third kappa shape index (κ3) is 5.19. The summed E-state index contributed by atoms with van der Waals surface area (Å²) in [4.78, 5) is 26.6. The highest BCUT2D eigenvalue weighted by Crippen LogP contribution is 2.31. The van der Waals surface area contributed by atoms with Gasteiger partial charge in [0.15, 0.2) is 0 Å². The number of nitrogens with one attached hydrogen (secondary N) is 2. The zero-order chi connectivity index (χ0) is 17.9. The second-order valence-corrected chi connectivity index (χ2v) is 6.86. The molecular formula is C19H30ClN3O2. The predicted molar refractivity (Wildman–Crippen MR) is 105 cm³/mol. The van der Waals surface area contributed by atoms with Crippen molar-refractivity contribution >= 4 is 29.9 Å². The molecule has 1 fully saturated rings. The van der Waals surface area contributed by atoms with Crippen LogP contribution in [0.2, 0.25) is 0 Å². The van der Waals surface area contributed by atoms with Crippen LogP contribution in [0.1, 0.15) is 37.0 Å². The lowest BCUT2D eigenvalue weighted by atomic mass is 10.0. The summed E-state index contributed by atoms with van der Waals surface area (Å²) >= 11 is 0. The van der Waals surface area contributed by atoms with Crippen molar-refractivity contribution in [1.82, 2.24) is 10.6 Å². The lowest BCUT2D eigenvalue weighted by molar-refractivity contribution is -0.126. The van der Waals surface area contributed by atoms with Crippen molar-refractivity contribution in [3.8, 4) is 0 Å². The number of nitrogens with zero attached hydrogens (tertiary/aromatic N) is 1. The molecule has 0 aromatic heterocycles. The number of rotatable bonds is 6. The Hall–Kier alpha value is -1.59. The Balaban J connectivity index is 0.00000312. The first-order chi connectivity index (χ1) is 11.3. The molecule has 2 rings (SSSR count). The monoisotopic (exact) mass is 367 g/mol. The standard InChI is InChI=1S/C19H29N3O2.ClH/c1-6-20-15(5)10-21-19(24)16-9-17(23)22(11-16)18-13(3)7-12(2)8-14(18)4;/h7-8,15-16,20H,6,9-11H2,1-5H3,(H,21,24);1H/t15-,16?;/m1./s1. The number of hydrogen-bond acceptors (Lipinski definition) is 3. The summed E-state index contributed by atoms with van der Waals surface area (Å²) in [6, 6.07) is 4.40. The van der Waals surface area contributed by atoms with Gasteiger partial charge in [-0.15, -0.1) is 12.4 Å². The van der Waals surface area contributed by atoms with Gasteiger partial charge in [-0.2, -0.15) is 0 Å².